The quantitative estimate of drug-likeness (QED) is 0.664. The highest BCUT2D eigenvalue weighted by Crippen LogP contribution is 2.33. The predicted molar refractivity (Wildman–Crippen MR) is 77.7 cm³/mol. The summed E-state index contributed by atoms with van der Waals surface area (Å²) in [5.41, 5.74) is 1.30. The Balaban J connectivity index is 2.48. The number of aryl methyl sites for hydroxylation is 1. The average Bonchev–Trinajstić information content (AvgIpc) is 2.42. The second kappa shape index (κ2) is 5.70. The van der Waals surface area contributed by atoms with Gasteiger partial charge in [-0.2, -0.15) is 0 Å². The van der Waals surface area contributed by atoms with Gasteiger partial charge in [0, 0.05) is 7.05 Å². The number of benzene rings is 1. The van der Waals surface area contributed by atoms with E-state index in [9.17, 15) is 10.1 Å². The van der Waals surface area contributed by atoms with Crippen LogP contribution >= 0.6 is 11.6 Å². The van der Waals surface area contributed by atoms with Gasteiger partial charge in [0.1, 0.15) is 6.33 Å². The standard InChI is InChI=1S/C12H12ClN5O2/c1-7-3-4-8(13)9(5-7)17-12-10(18(19)20)11(14-2)15-6-16-12/h3-6H,1-2H3,(H2,14,15,16,17). The molecule has 0 aliphatic carbocycles. The summed E-state index contributed by atoms with van der Waals surface area (Å²) in [5.74, 6) is 0.220. The van der Waals surface area contributed by atoms with E-state index in [2.05, 4.69) is 20.6 Å². The highest BCUT2D eigenvalue weighted by atomic mass is 35.5. The molecule has 0 fully saturated rings. The SMILES string of the molecule is CNc1ncnc(Nc2cc(C)ccc2Cl)c1[N+](=O)[O-]. The zero-order chi connectivity index (χ0) is 14.7. The molecular weight excluding hydrogens is 282 g/mol. The van der Waals surface area contributed by atoms with Gasteiger partial charge in [-0.05, 0) is 24.6 Å². The number of aromatic nitrogens is 2. The summed E-state index contributed by atoms with van der Waals surface area (Å²) in [4.78, 5) is 18.3. The minimum Gasteiger partial charge on any atom is -0.367 e. The van der Waals surface area contributed by atoms with Crippen LogP contribution in [0.1, 0.15) is 5.56 Å². The molecule has 0 amide bonds. The fourth-order valence-corrected chi connectivity index (χ4v) is 1.85. The highest BCUT2D eigenvalue weighted by Gasteiger charge is 2.22. The number of hydrogen-bond acceptors (Lipinski definition) is 6. The maximum atomic E-state index is 11.2. The molecule has 104 valence electrons. The maximum Gasteiger partial charge on any atom is 0.353 e. The van der Waals surface area contributed by atoms with E-state index in [0.29, 0.717) is 10.7 Å². The summed E-state index contributed by atoms with van der Waals surface area (Å²) in [6.45, 7) is 1.90. The van der Waals surface area contributed by atoms with Crippen molar-refractivity contribution in [1.82, 2.24) is 9.97 Å². The van der Waals surface area contributed by atoms with E-state index in [1.807, 2.05) is 13.0 Å². The van der Waals surface area contributed by atoms with Gasteiger partial charge in [-0.3, -0.25) is 10.1 Å². The Labute approximate surface area is 120 Å². The van der Waals surface area contributed by atoms with E-state index in [4.69, 9.17) is 11.6 Å². The summed E-state index contributed by atoms with van der Waals surface area (Å²) in [7, 11) is 1.55. The van der Waals surface area contributed by atoms with Crippen molar-refractivity contribution >= 4 is 34.6 Å². The highest BCUT2D eigenvalue weighted by molar-refractivity contribution is 6.33. The second-order valence-electron chi connectivity index (χ2n) is 4.03. The van der Waals surface area contributed by atoms with Crippen LogP contribution in [0.15, 0.2) is 24.5 Å². The summed E-state index contributed by atoms with van der Waals surface area (Å²) < 4.78 is 0. The number of rotatable bonds is 4. The van der Waals surface area contributed by atoms with Gasteiger partial charge in [0.15, 0.2) is 0 Å². The van der Waals surface area contributed by atoms with Gasteiger partial charge in [-0.25, -0.2) is 9.97 Å². The van der Waals surface area contributed by atoms with Gasteiger partial charge >= 0.3 is 5.69 Å². The van der Waals surface area contributed by atoms with Crippen molar-refractivity contribution in [3.8, 4) is 0 Å². The lowest BCUT2D eigenvalue weighted by molar-refractivity contribution is -0.383. The van der Waals surface area contributed by atoms with Crippen LogP contribution in [0.4, 0.5) is 23.0 Å². The third-order valence-electron chi connectivity index (χ3n) is 2.62. The third kappa shape index (κ3) is 2.77. The molecule has 2 rings (SSSR count). The van der Waals surface area contributed by atoms with Gasteiger partial charge < -0.3 is 10.6 Å². The largest absolute Gasteiger partial charge is 0.367 e. The molecule has 0 spiro atoms. The van der Waals surface area contributed by atoms with Crippen molar-refractivity contribution < 1.29 is 4.92 Å². The summed E-state index contributed by atoms with van der Waals surface area (Å²) in [5, 5.41) is 17.1. The van der Waals surface area contributed by atoms with E-state index < -0.39 is 4.92 Å². The Bertz CT molecular complexity index is 662. The first-order valence-electron chi connectivity index (χ1n) is 5.73. The van der Waals surface area contributed by atoms with Gasteiger partial charge in [0.25, 0.3) is 0 Å². The van der Waals surface area contributed by atoms with Crippen LogP contribution in [0, 0.1) is 17.0 Å². The molecule has 7 nitrogen and oxygen atoms in total. The van der Waals surface area contributed by atoms with E-state index in [1.165, 1.54) is 6.33 Å². The molecular formula is C12H12ClN5O2. The third-order valence-corrected chi connectivity index (χ3v) is 2.95. The number of nitrogens with one attached hydrogen (secondary N) is 2. The lowest BCUT2D eigenvalue weighted by Crippen LogP contribution is -2.05. The van der Waals surface area contributed by atoms with Crippen LogP contribution in [0.2, 0.25) is 5.02 Å². The van der Waals surface area contributed by atoms with Crippen LogP contribution in [-0.4, -0.2) is 21.9 Å². The number of nitrogens with zero attached hydrogens (tertiary/aromatic N) is 3. The monoisotopic (exact) mass is 293 g/mol. The normalized spacial score (nSPS) is 10.2. The van der Waals surface area contributed by atoms with Crippen LogP contribution in [0.3, 0.4) is 0 Å². The molecule has 0 radical (unpaired) electrons. The molecule has 2 aromatic rings. The fourth-order valence-electron chi connectivity index (χ4n) is 1.69. The van der Waals surface area contributed by atoms with E-state index >= 15 is 0 Å². The minimum atomic E-state index is -0.544. The molecule has 2 N–H and O–H groups in total. The van der Waals surface area contributed by atoms with Gasteiger partial charge in [-0.1, -0.05) is 17.7 Å². The lowest BCUT2D eigenvalue weighted by Gasteiger charge is -2.10. The van der Waals surface area contributed by atoms with Crippen molar-refractivity contribution in [1.29, 1.82) is 0 Å². The smallest absolute Gasteiger partial charge is 0.353 e. The molecule has 0 atom stereocenters. The summed E-state index contributed by atoms with van der Waals surface area (Å²) in [6, 6.07) is 5.35. The Hall–Kier alpha value is -2.41. The second-order valence-corrected chi connectivity index (χ2v) is 4.44. The van der Waals surface area contributed by atoms with Crippen molar-refractivity contribution in [3.63, 3.8) is 0 Å². The van der Waals surface area contributed by atoms with Crippen LogP contribution in [0.25, 0.3) is 0 Å². The molecule has 0 unspecified atom stereocenters. The van der Waals surface area contributed by atoms with E-state index in [0.717, 1.165) is 5.56 Å². The zero-order valence-electron chi connectivity index (χ0n) is 10.8. The average molecular weight is 294 g/mol. The number of hydrogen-bond donors (Lipinski definition) is 2. The first-order chi connectivity index (χ1) is 9.52. The molecule has 20 heavy (non-hydrogen) atoms. The minimum absolute atomic E-state index is 0.0850. The molecule has 0 saturated heterocycles. The molecule has 8 heteroatoms. The Morgan fingerprint density at radius 2 is 2.00 bits per heavy atom. The zero-order valence-corrected chi connectivity index (χ0v) is 11.6. The van der Waals surface area contributed by atoms with Crippen LogP contribution < -0.4 is 10.6 Å². The molecule has 0 aliphatic heterocycles. The number of anilines is 3. The maximum absolute atomic E-state index is 11.2. The van der Waals surface area contributed by atoms with Gasteiger partial charge in [0.2, 0.25) is 11.6 Å². The van der Waals surface area contributed by atoms with Crippen LogP contribution in [0.5, 0.6) is 0 Å². The molecule has 1 heterocycles. The Morgan fingerprint density at radius 3 is 2.65 bits per heavy atom. The molecule has 0 aliphatic rings. The Kier molecular flexibility index (Phi) is 3.99. The molecule has 0 saturated carbocycles. The molecule has 1 aromatic heterocycles. The Morgan fingerprint density at radius 1 is 1.30 bits per heavy atom. The predicted octanol–water partition coefficient (Wildman–Crippen LogP) is 3.13. The van der Waals surface area contributed by atoms with Gasteiger partial charge in [-0.15, -0.1) is 0 Å². The fraction of sp³-hybridized carbons (Fsp3) is 0.167. The van der Waals surface area contributed by atoms with Crippen molar-refractivity contribution in [2.45, 2.75) is 6.92 Å². The molecule has 0 bridgehead atoms. The number of halogens is 1. The van der Waals surface area contributed by atoms with Crippen molar-refractivity contribution in [2.24, 2.45) is 0 Å². The van der Waals surface area contributed by atoms with E-state index in [-0.39, 0.29) is 17.3 Å². The first kappa shape index (κ1) is 14.0. The van der Waals surface area contributed by atoms with Crippen LogP contribution in [-0.2, 0) is 0 Å². The van der Waals surface area contributed by atoms with Crippen molar-refractivity contribution in [3.05, 3.63) is 45.2 Å². The van der Waals surface area contributed by atoms with E-state index in [1.54, 1.807) is 19.2 Å². The summed E-state index contributed by atoms with van der Waals surface area (Å²) >= 11 is 6.06. The van der Waals surface area contributed by atoms with Crippen molar-refractivity contribution in [2.75, 3.05) is 17.7 Å². The number of nitro groups is 1. The lowest BCUT2D eigenvalue weighted by atomic mass is 10.2. The first-order valence-corrected chi connectivity index (χ1v) is 6.11. The summed E-state index contributed by atoms with van der Waals surface area (Å²) in [6.07, 6.45) is 1.24. The molecule has 1 aromatic carbocycles. The van der Waals surface area contributed by atoms with Gasteiger partial charge in [0.05, 0.1) is 15.6 Å². The topological polar surface area (TPSA) is 93.0 Å².